The van der Waals surface area contributed by atoms with Crippen LogP contribution in [0.2, 0.25) is 0 Å². The Bertz CT molecular complexity index is 1100. The van der Waals surface area contributed by atoms with Gasteiger partial charge in [0.05, 0.1) is 30.7 Å². The number of ether oxygens (including phenoxy) is 1. The molecule has 0 aromatic heterocycles. The van der Waals surface area contributed by atoms with E-state index in [0.717, 1.165) is 5.56 Å². The molecule has 0 spiro atoms. The molecule has 2 rings (SSSR count). The summed E-state index contributed by atoms with van der Waals surface area (Å²) < 4.78 is 20.6. The summed E-state index contributed by atoms with van der Waals surface area (Å²) >= 11 is 0. The summed E-state index contributed by atoms with van der Waals surface area (Å²) in [6, 6.07) is 15.2. The summed E-state index contributed by atoms with van der Waals surface area (Å²) in [4.78, 5) is 28.5. The van der Waals surface area contributed by atoms with Gasteiger partial charge in [-0.3, -0.25) is 9.59 Å². The molecule has 5 atom stereocenters. The zero-order valence-corrected chi connectivity index (χ0v) is 26.3. The minimum Gasteiger partial charge on any atom is -0.497 e. The smallest absolute Gasteiger partial charge is 0.243 e. The molecule has 0 aliphatic carbocycles. The van der Waals surface area contributed by atoms with Gasteiger partial charge in [-0.25, -0.2) is 8.51 Å². The predicted octanol–water partition coefficient (Wildman–Crippen LogP) is 2.86. The van der Waals surface area contributed by atoms with Crippen molar-refractivity contribution in [3.8, 4) is 5.75 Å². The van der Waals surface area contributed by atoms with E-state index in [2.05, 4.69) is 10.6 Å². The zero-order valence-electron chi connectivity index (χ0n) is 25.5. The molecule has 0 bridgehead atoms. The van der Waals surface area contributed by atoms with Crippen LogP contribution in [0.5, 0.6) is 5.75 Å². The Morgan fingerprint density at radius 1 is 0.976 bits per heavy atom. The number of aliphatic hydroxyl groups excluding tert-OH is 1. The van der Waals surface area contributed by atoms with Gasteiger partial charge in [-0.15, -0.1) is 0 Å². The first kappa shape index (κ1) is 34.4. The summed E-state index contributed by atoms with van der Waals surface area (Å²) in [7, 11) is 3.63. The second kappa shape index (κ2) is 17.2. The molecule has 0 aliphatic rings. The molecule has 2 aromatic carbocycles. The third-order valence-electron chi connectivity index (χ3n) is 6.82. The maximum absolute atomic E-state index is 13.6. The number of hydrogen-bond donors (Lipinski definition) is 3. The Morgan fingerprint density at radius 3 is 2.15 bits per heavy atom. The van der Waals surface area contributed by atoms with Crippen molar-refractivity contribution in [2.75, 3.05) is 40.8 Å². The molecular weight excluding hydrogens is 540 g/mol. The predicted molar refractivity (Wildman–Crippen MR) is 164 cm³/mol. The molecule has 0 aliphatic heterocycles. The fourth-order valence-corrected chi connectivity index (χ4v) is 5.82. The lowest BCUT2D eigenvalue weighted by molar-refractivity contribution is -0.131. The van der Waals surface area contributed by atoms with E-state index >= 15 is 0 Å². The maximum Gasteiger partial charge on any atom is 0.243 e. The van der Waals surface area contributed by atoms with Gasteiger partial charge in [0.15, 0.2) is 0 Å². The Hall–Kier alpha value is -2.79. The largest absolute Gasteiger partial charge is 0.497 e. The standard InChI is InChI=1S/C31H48N4O5S/c1-8-23(4)30(33-29(37)21-34(5)6)31(38)32-27(18-24-12-10-9-11-13-24)28(36)20-35(19-22(2)3)41(39)26-16-14-25(40-7)15-17-26/h9-17,22-23,27-28,30,36H,8,18-21H2,1-7H3,(H,32,38)(H,33,37)/t23?,27-,28+,30-,41?/m0/s1. The highest BCUT2D eigenvalue weighted by Gasteiger charge is 2.32. The summed E-state index contributed by atoms with van der Waals surface area (Å²) in [6.07, 6.45) is 0.0298. The Kier molecular flexibility index (Phi) is 14.5. The van der Waals surface area contributed by atoms with Crippen molar-refractivity contribution < 1.29 is 23.6 Å². The third-order valence-corrected chi connectivity index (χ3v) is 8.26. The molecule has 0 heterocycles. The van der Waals surface area contributed by atoms with Crippen molar-refractivity contribution in [3.05, 3.63) is 60.2 Å². The highest BCUT2D eigenvalue weighted by atomic mass is 32.2. The molecule has 0 fully saturated rings. The van der Waals surface area contributed by atoms with Crippen molar-refractivity contribution >= 4 is 22.8 Å². The average molecular weight is 589 g/mol. The summed E-state index contributed by atoms with van der Waals surface area (Å²) in [5.74, 6) is 0.149. The number of carbonyl (C=O) groups is 2. The molecule has 2 amide bonds. The van der Waals surface area contributed by atoms with Crippen LogP contribution in [0.15, 0.2) is 59.5 Å². The zero-order chi connectivity index (χ0) is 30.5. The molecule has 41 heavy (non-hydrogen) atoms. The number of hydrogen-bond acceptors (Lipinski definition) is 6. The fourth-order valence-electron chi connectivity index (χ4n) is 4.43. The van der Waals surface area contributed by atoms with Crippen LogP contribution in [-0.2, 0) is 27.0 Å². The first-order valence-electron chi connectivity index (χ1n) is 14.2. The van der Waals surface area contributed by atoms with Gasteiger partial charge in [0.2, 0.25) is 11.8 Å². The van der Waals surface area contributed by atoms with Gasteiger partial charge >= 0.3 is 0 Å². The lowest BCUT2D eigenvalue weighted by atomic mass is 9.96. The second-order valence-electron chi connectivity index (χ2n) is 11.2. The van der Waals surface area contributed by atoms with Crippen LogP contribution in [-0.4, -0.2) is 89.4 Å². The number of methoxy groups -OCH3 is 1. The average Bonchev–Trinajstić information content (AvgIpc) is 2.94. The molecule has 2 unspecified atom stereocenters. The van der Waals surface area contributed by atoms with E-state index in [1.54, 1.807) is 54.7 Å². The van der Waals surface area contributed by atoms with Crippen molar-refractivity contribution in [2.45, 2.75) is 63.6 Å². The SMILES string of the molecule is CCC(C)[C@H](NC(=O)CN(C)C)C(=O)N[C@@H](Cc1ccccc1)[C@H](O)CN(CC(C)C)S(=O)c1ccc(OC)cc1. The topological polar surface area (TPSA) is 111 Å². The molecule has 228 valence electrons. The third kappa shape index (κ3) is 11.5. The quantitative estimate of drug-likeness (QED) is 0.262. The normalized spacial score (nSPS) is 15.3. The van der Waals surface area contributed by atoms with Crippen molar-refractivity contribution in [2.24, 2.45) is 11.8 Å². The number of carbonyl (C=O) groups excluding carboxylic acids is 2. The van der Waals surface area contributed by atoms with Crippen molar-refractivity contribution in [1.29, 1.82) is 0 Å². The Balaban J connectivity index is 2.31. The fraction of sp³-hybridized carbons (Fsp3) is 0.548. The summed E-state index contributed by atoms with van der Waals surface area (Å²) in [5, 5.41) is 17.5. The highest BCUT2D eigenvalue weighted by molar-refractivity contribution is 7.82. The van der Waals surface area contributed by atoms with Gasteiger partial charge in [0.25, 0.3) is 0 Å². The number of nitrogens with zero attached hydrogens (tertiary/aromatic N) is 2. The second-order valence-corrected chi connectivity index (χ2v) is 12.7. The minimum atomic E-state index is -1.54. The van der Waals surface area contributed by atoms with E-state index in [9.17, 15) is 18.9 Å². The first-order valence-corrected chi connectivity index (χ1v) is 15.3. The molecule has 2 aromatic rings. The van der Waals surface area contributed by atoms with Gasteiger partial charge < -0.3 is 25.4 Å². The van der Waals surface area contributed by atoms with E-state index in [0.29, 0.717) is 30.0 Å². The number of aliphatic hydroxyl groups is 1. The lowest BCUT2D eigenvalue weighted by Gasteiger charge is -2.32. The van der Waals surface area contributed by atoms with Gasteiger partial charge in [-0.05, 0) is 62.2 Å². The van der Waals surface area contributed by atoms with E-state index in [1.165, 1.54) is 0 Å². The van der Waals surface area contributed by atoms with E-state index < -0.39 is 29.2 Å². The van der Waals surface area contributed by atoms with Crippen LogP contribution >= 0.6 is 0 Å². The van der Waals surface area contributed by atoms with Gasteiger partial charge in [0.1, 0.15) is 22.8 Å². The Labute approximate surface area is 248 Å². The lowest BCUT2D eigenvalue weighted by Crippen LogP contribution is -2.57. The number of amides is 2. The van der Waals surface area contributed by atoms with Crippen LogP contribution in [0.25, 0.3) is 0 Å². The number of benzene rings is 2. The minimum absolute atomic E-state index is 0.0790. The van der Waals surface area contributed by atoms with E-state index in [-0.39, 0.29) is 36.7 Å². The molecule has 0 saturated heterocycles. The van der Waals surface area contributed by atoms with Crippen molar-refractivity contribution in [3.63, 3.8) is 0 Å². The summed E-state index contributed by atoms with van der Waals surface area (Å²) in [5.41, 5.74) is 0.945. The van der Waals surface area contributed by atoms with Crippen LogP contribution < -0.4 is 15.4 Å². The van der Waals surface area contributed by atoms with Crippen LogP contribution in [0.1, 0.15) is 39.7 Å². The molecule has 3 N–H and O–H groups in total. The number of nitrogens with one attached hydrogen (secondary N) is 2. The van der Waals surface area contributed by atoms with Crippen LogP contribution in [0, 0.1) is 11.8 Å². The molecule has 0 saturated carbocycles. The van der Waals surface area contributed by atoms with E-state index in [4.69, 9.17) is 4.74 Å². The Morgan fingerprint density at radius 2 is 1.61 bits per heavy atom. The molecule has 9 nitrogen and oxygen atoms in total. The van der Waals surface area contributed by atoms with Gasteiger partial charge in [0, 0.05) is 13.1 Å². The number of likely N-dealkylation sites (N-methyl/N-ethyl adjacent to an activating group) is 1. The first-order chi connectivity index (χ1) is 19.4. The molecule has 10 heteroatoms. The van der Waals surface area contributed by atoms with Gasteiger partial charge in [-0.2, -0.15) is 0 Å². The van der Waals surface area contributed by atoms with Crippen LogP contribution in [0.3, 0.4) is 0 Å². The van der Waals surface area contributed by atoms with Crippen molar-refractivity contribution in [1.82, 2.24) is 19.8 Å². The number of rotatable bonds is 17. The van der Waals surface area contributed by atoms with Gasteiger partial charge in [-0.1, -0.05) is 64.4 Å². The monoisotopic (exact) mass is 588 g/mol. The van der Waals surface area contributed by atoms with Crippen LogP contribution in [0.4, 0.5) is 0 Å². The molecular formula is C31H48N4O5S. The molecule has 0 radical (unpaired) electrons. The van der Waals surface area contributed by atoms with E-state index in [1.807, 2.05) is 58.0 Å². The highest BCUT2D eigenvalue weighted by Crippen LogP contribution is 2.19. The maximum atomic E-state index is 13.6. The summed E-state index contributed by atoms with van der Waals surface area (Å²) in [6.45, 7) is 8.68.